The van der Waals surface area contributed by atoms with Crippen molar-refractivity contribution >= 4 is 40.5 Å². The summed E-state index contributed by atoms with van der Waals surface area (Å²) in [7, 11) is 0. The molecule has 0 saturated carbocycles. The molecule has 0 saturated heterocycles. The summed E-state index contributed by atoms with van der Waals surface area (Å²) in [5, 5.41) is 1.13. The lowest BCUT2D eigenvalue weighted by atomic mass is 9.99. The average Bonchev–Trinajstić information content (AvgIpc) is 2.45. The SMILES string of the molecule is Nc1ccc2c(c1)CCC(=O)N2Cc1c(Cl)cccc1Cl. The van der Waals surface area contributed by atoms with E-state index < -0.39 is 0 Å². The van der Waals surface area contributed by atoms with Crippen LogP contribution in [-0.4, -0.2) is 5.91 Å². The number of fused-ring (bicyclic) bond motifs is 1. The number of carbonyl (C=O) groups is 1. The van der Waals surface area contributed by atoms with Crippen molar-refractivity contribution < 1.29 is 4.79 Å². The van der Waals surface area contributed by atoms with Crippen LogP contribution in [0.1, 0.15) is 17.5 Å². The topological polar surface area (TPSA) is 46.3 Å². The fraction of sp³-hybridized carbons (Fsp3) is 0.188. The van der Waals surface area contributed by atoms with Crippen LogP contribution in [0.15, 0.2) is 36.4 Å². The van der Waals surface area contributed by atoms with E-state index in [2.05, 4.69) is 0 Å². The van der Waals surface area contributed by atoms with Gasteiger partial charge in [-0.05, 0) is 42.3 Å². The number of benzene rings is 2. The van der Waals surface area contributed by atoms with Crippen LogP contribution in [0.5, 0.6) is 0 Å². The molecule has 0 fully saturated rings. The first-order chi connectivity index (χ1) is 10.1. The second kappa shape index (κ2) is 5.58. The summed E-state index contributed by atoms with van der Waals surface area (Å²) in [5.41, 5.74) is 9.25. The molecule has 1 aliphatic rings. The number of amides is 1. The summed E-state index contributed by atoms with van der Waals surface area (Å²) in [5.74, 6) is 0.0725. The zero-order valence-electron chi connectivity index (χ0n) is 11.3. The quantitative estimate of drug-likeness (QED) is 0.848. The number of carbonyl (C=O) groups excluding carboxylic acids is 1. The fourth-order valence-corrected chi connectivity index (χ4v) is 3.11. The maximum Gasteiger partial charge on any atom is 0.227 e. The number of nitrogens with two attached hydrogens (primary N) is 1. The molecule has 108 valence electrons. The highest BCUT2D eigenvalue weighted by Crippen LogP contribution is 2.33. The van der Waals surface area contributed by atoms with Gasteiger partial charge in [-0.15, -0.1) is 0 Å². The molecule has 5 heteroatoms. The Morgan fingerprint density at radius 1 is 1.10 bits per heavy atom. The summed E-state index contributed by atoms with van der Waals surface area (Å²) >= 11 is 12.4. The molecule has 0 unspecified atom stereocenters. The fourth-order valence-electron chi connectivity index (χ4n) is 2.59. The van der Waals surface area contributed by atoms with Crippen LogP contribution in [0, 0.1) is 0 Å². The third-order valence-electron chi connectivity index (χ3n) is 3.68. The summed E-state index contributed by atoms with van der Waals surface area (Å²) in [6, 6.07) is 11.0. The van der Waals surface area contributed by atoms with Crippen LogP contribution in [-0.2, 0) is 17.8 Å². The van der Waals surface area contributed by atoms with Crippen LogP contribution in [0.4, 0.5) is 11.4 Å². The minimum absolute atomic E-state index is 0.0725. The minimum atomic E-state index is 0.0725. The first kappa shape index (κ1) is 14.2. The number of hydrogen-bond donors (Lipinski definition) is 1. The highest BCUT2D eigenvalue weighted by molar-refractivity contribution is 6.36. The molecule has 1 heterocycles. The standard InChI is InChI=1S/C16H14Cl2N2O/c17-13-2-1-3-14(18)12(13)9-20-15-6-5-11(19)8-10(15)4-7-16(20)21/h1-3,5-6,8H,4,7,9,19H2. The van der Waals surface area contributed by atoms with Crippen molar-refractivity contribution in [1.82, 2.24) is 0 Å². The van der Waals surface area contributed by atoms with E-state index in [1.54, 1.807) is 29.2 Å². The van der Waals surface area contributed by atoms with Crippen molar-refractivity contribution in [2.75, 3.05) is 10.6 Å². The molecule has 2 aromatic carbocycles. The predicted octanol–water partition coefficient (Wildman–Crippen LogP) is 4.06. The number of nitrogens with zero attached hydrogens (tertiary/aromatic N) is 1. The van der Waals surface area contributed by atoms with Gasteiger partial charge in [-0.3, -0.25) is 4.79 Å². The number of hydrogen-bond acceptors (Lipinski definition) is 2. The van der Waals surface area contributed by atoms with Gasteiger partial charge in [0, 0.05) is 33.4 Å². The van der Waals surface area contributed by atoms with E-state index in [0.717, 1.165) is 16.8 Å². The maximum atomic E-state index is 12.3. The number of aryl methyl sites for hydroxylation is 1. The maximum absolute atomic E-state index is 12.3. The normalized spacial score (nSPS) is 14.2. The third kappa shape index (κ3) is 2.71. The molecule has 0 radical (unpaired) electrons. The van der Waals surface area contributed by atoms with E-state index in [1.165, 1.54) is 0 Å². The first-order valence-electron chi connectivity index (χ1n) is 6.68. The predicted molar refractivity (Wildman–Crippen MR) is 86.8 cm³/mol. The molecule has 1 aliphatic heterocycles. The van der Waals surface area contributed by atoms with Crippen molar-refractivity contribution in [2.45, 2.75) is 19.4 Å². The zero-order chi connectivity index (χ0) is 15.0. The highest BCUT2D eigenvalue weighted by atomic mass is 35.5. The lowest BCUT2D eigenvalue weighted by Crippen LogP contribution is -2.34. The molecule has 0 atom stereocenters. The van der Waals surface area contributed by atoms with Crippen molar-refractivity contribution in [1.29, 1.82) is 0 Å². The first-order valence-corrected chi connectivity index (χ1v) is 7.43. The largest absolute Gasteiger partial charge is 0.399 e. The van der Waals surface area contributed by atoms with Gasteiger partial charge in [0.05, 0.1) is 6.54 Å². The van der Waals surface area contributed by atoms with E-state index in [9.17, 15) is 4.79 Å². The van der Waals surface area contributed by atoms with Gasteiger partial charge in [-0.2, -0.15) is 0 Å². The Labute approximate surface area is 133 Å². The Morgan fingerprint density at radius 2 is 1.81 bits per heavy atom. The van der Waals surface area contributed by atoms with Gasteiger partial charge >= 0.3 is 0 Å². The van der Waals surface area contributed by atoms with Crippen LogP contribution < -0.4 is 10.6 Å². The summed E-state index contributed by atoms with van der Waals surface area (Å²) in [6.07, 6.45) is 1.19. The molecular formula is C16H14Cl2N2O. The van der Waals surface area contributed by atoms with E-state index in [-0.39, 0.29) is 5.91 Å². The van der Waals surface area contributed by atoms with Gasteiger partial charge in [-0.1, -0.05) is 29.3 Å². The lowest BCUT2D eigenvalue weighted by molar-refractivity contribution is -0.119. The summed E-state index contributed by atoms with van der Waals surface area (Å²) in [6.45, 7) is 0.369. The number of rotatable bonds is 2. The molecule has 2 aromatic rings. The third-order valence-corrected chi connectivity index (χ3v) is 4.39. The van der Waals surface area contributed by atoms with Crippen LogP contribution >= 0.6 is 23.2 Å². The second-order valence-corrected chi connectivity index (χ2v) is 5.88. The Balaban J connectivity index is 2.01. The van der Waals surface area contributed by atoms with Crippen molar-refractivity contribution in [3.8, 4) is 0 Å². The molecule has 1 amide bonds. The Morgan fingerprint density at radius 3 is 2.52 bits per heavy atom. The van der Waals surface area contributed by atoms with Gasteiger partial charge < -0.3 is 10.6 Å². The number of halogens is 2. The summed E-state index contributed by atoms with van der Waals surface area (Å²) < 4.78 is 0. The minimum Gasteiger partial charge on any atom is -0.399 e. The van der Waals surface area contributed by atoms with E-state index >= 15 is 0 Å². The molecule has 3 nitrogen and oxygen atoms in total. The van der Waals surface area contributed by atoms with Crippen molar-refractivity contribution in [2.24, 2.45) is 0 Å². The average molecular weight is 321 g/mol. The zero-order valence-corrected chi connectivity index (χ0v) is 12.8. The molecule has 2 N–H and O–H groups in total. The molecule has 0 spiro atoms. The monoisotopic (exact) mass is 320 g/mol. The lowest BCUT2D eigenvalue weighted by Gasteiger charge is -2.30. The smallest absolute Gasteiger partial charge is 0.227 e. The van der Waals surface area contributed by atoms with Crippen molar-refractivity contribution in [3.05, 3.63) is 57.6 Å². The van der Waals surface area contributed by atoms with E-state index in [0.29, 0.717) is 35.1 Å². The molecular weight excluding hydrogens is 307 g/mol. The number of anilines is 2. The highest BCUT2D eigenvalue weighted by Gasteiger charge is 2.25. The number of nitrogen functional groups attached to an aromatic ring is 1. The second-order valence-electron chi connectivity index (χ2n) is 5.07. The molecule has 3 rings (SSSR count). The molecule has 0 bridgehead atoms. The summed E-state index contributed by atoms with van der Waals surface area (Å²) in [4.78, 5) is 14.0. The van der Waals surface area contributed by atoms with Gasteiger partial charge in [-0.25, -0.2) is 0 Å². The van der Waals surface area contributed by atoms with Gasteiger partial charge in [0.25, 0.3) is 0 Å². The van der Waals surface area contributed by atoms with Crippen molar-refractivity contribution in [3.63, 3.8) is 0 Å². The molecule has 0 aromatic heterocycles. The Kier molecular flexibility index (Phi) is 3.79. The van der Waals surface area contributed by atoms with Gasteiger partial charge in [0.1, 0.15) is 0 Å². The molecule has 0 aliphatic carbocycles. The van der Waals surface area contributed by atoms with E-state index in [1.807, 2.05) is 12.1 Å². The van der Waals surface area contributed by atoms with Crippen LogP contribution in [0.2, 0.25) is 10.0 Å². The van der Waals surface area contributed by atoms with Gasteiger partial charge in [0.15, 0.2) is 0 Å². The van der Waals surface area contributed by atoms with Crippen LogP contribution in [0.25, 0.3) is 0 Å². The van der Waals surface area contributed by atoms with Crippen LogP contribution in [0.3, 0.4) is 0 Å². The Bertz CT molecular complexity index is 695. The van der Waals surface area contributed by atoms with Gasteiger partial charge in [0.2, 0.25) is 5.91 Å². The Hall–Kier alpha value is -1.71. The molecule has 21 heavy (non-hydrogen) atoms. The van der Waals surface area contributed by atoms with E-state index in [4.69, 9.17) is 28.9 Å².